The summed E-state index contributed by atoms with van der Waals surface area (Å²) in [6.45, 7) is 0. The van der Waals surface area contributed by atoms with E-state index in [4.69, 9.17) is 11.6 Å². The number of carbonyl (C=O) groups excluding carboxylic acids is 1. The normalized spacial score (nSPS) is 10.7. The quantitative estimate of drug-likeness (QED) is 0.606. The minimum atomic E-state index is -0.443. The van der Waals surface area contributed by atoms with E-state index in [1.54, 1.807) is 42.5 Å². The molecule has 0 fully saturated rings. The van der Waals surface area contributed by atoms with E-state index in [1.165, 1.54) is 10.7 Å². The maximum Gasteiger partial charge on any atom is 0.155 e. The number of nitrogens with zero attached hydrogens (tertiary/aromatic N) is 2. The van der Waals surface area contributed by atoms with Gasteiger partial charge in [-0.3, -0.25) is 4.79 Å². The molecule has 0 saturated carbocycles. The van der Waals surface area contributed by atoms with Gasteiger partial charge in [0, 0.05) is 5.56 Å². The van der Waals surface area contributed by atoms with Crippen LogP contribution in [0.1, 0.15) is 10.4 Å². The average Bonchev–Trinajstić information content (AvgIpc) is 2.85. The van der Waals surface area contributed by atoms with Crippen LogP contribution in [0.3, 0.4) is 0 Å². The van der Waals surface area contributed by atoms with Gasteiger partial charge in [0.1, 0.15) is 16.1 Å². The van der Waals surface area contributed by atoms with Crippen LogP contribution in [0.25, 0.3) is 16.9 Å². The van der Waals surface area contributed by atoms with Gasteiger partial charge in [-0.2, -0.15) is 5.10 Å². The largest absolute Gasteiger partial charge is 0.298 e. The zero-order valence-corrected chi connectivity index (χ0v) is 13.5. The summed E-state index contributed by atoms with van der Waals surface area (Å²) in [4.78, 5) is 11.4. The van der Waals surface area contributed by atoms with Crippen LogP contribution in [0, 0.1) is 5.82 Å². The van der Waals surface area contributed by atoms with Crippen molar-refractivity contribution in [1.29, 1.82) is 0 Å². The Morgan fingerprint density at radius 1 is 1.14 bits per heavy atom. The molecule has 6 heteroatoms. The smallest absolute Gasteiger partial charge is 0.155 e. The van der Waals surface area contributed by atoms with Crippen LogP contribution in [0.4, 0.5) is 4.39 Å². The molecule has 0 saturated heterocycles. The van der Waals surface area contributed by atoms with Gasteiger partial charge in [0.05, 0.1) is 16.3 Å². The lowest BCUT2D eigenvalue weighted by Crippen LogP contribution is -1.98. The second-order valence-electron chi connectivity index (χ2n) is 4.51. The number of para-hydroxylation sites is 1. The zero-order valence-electron chi connectivity index (χ0n) is 11.1. The fourth-order valence-electron chi connectivity index (χ4n) is 2.15. The van der Waals surface area contributed by atoms with Crippen LogP contribution in [0.5, 0.6) is 0 Å². The molecular weight excluding hydrogens is 371 g/mol. The molecule has 1 aromatic heterocycles. The Morgan fingerprint density at radius 2 is 1.82 bits per heavy atom. The summed E-state index contributed by atoms with van der Waals surface area (Å²) in [5.41, 5.74) is 1.39. The summed E-state index contributed by atoms with van der Waals surface area (Å²) in [6.07, 6.45) is 0.645. The Hall–Kier alpha value is -1.98. The molecule has 0 aliphatic carbocycles. The molecule has 0 unspecified atom stereocenters. The van der Waals surface area contributed by atoms with E-state index in [9.17, 15) is 9.18 Å². The standard InChI is InChI=1S/C16H9BrClFN2O/c17-16-11(9-22)15(10-5-1-3-7-13(10)19)20-21(16)14-8-4-2-6-12(14)18/h1-9H. The molecule has 0 N–H and O–H groups in total. The van der Waals surface area contributed by atoms with Crippen molar-refractivity contribution in [2.75, 3.05) is 0 Å². The first-order valence-corrected chi connectivity index (χ1v) is 7.54. The number of halogens is 3. The molecule has 3 aromatic rings. The number of hydrogen-bond donors (Lipinski definition) is 0. The van der Waals surface area contributed by atoms with Gasteiger partial charge in [0.25, 0.3) is 0 Å². The molecule has 0 aliphatic rings. The first-order valence-electron chi connectivity index (χ1n) is 6.37. The fourth-order valence-corrected chi connectivity index (χ4v) is 2.92. The second-order valence-corrected chi connectivity index (χ2v) is 5.67. The Balaban J connectivity index is 2.27. The van der Waals surface area contributed by atoms with Crippen molar-refractivity contribution >= 4 is 33.8 Å². The van der Waals surface area contributed by atoms with Crippen molar-refractivity contribution in [3.05, 3.63) is 69.5 Å². The Morgan fingerprint density at radius 3 is 2.50 bits per heavy atom. The number of hydrogen-bond acceptors (Lipinski definition) is 2. The number of rotatable bonds is 3. The lowest BCUT2D eigenvalue weighted by Gasteiger charge is -2.05. The molecule has 110 valence electrons. The molecule has 0 radical (unpaired) electrons. The molecule has 3 nitrogen and oxygen atoms in total. The van der Waals surface area contributed by atoms with Crippen molar-refractivity contribution < 1.29 is 9.18 Å². The van der Waals surface area contributed by atoms with Crippen LogP contribution in [-0.2, 0) is 0 Å². The minimum Gasteiger partial charge on any atom is -0.298 e. The van der Waals surface area contributed by atoms with Crippen molar-refractivity contribution in [2.24, 2.45) is 0 Å². The zero-order chi connectivity index (χ0) is 15.7. The van der Waals surface area contributed by atoms with Crippen LogP contribution in [-0.4, -0.2) is 16.1 Å². The van der Waals surface area contributed by atoms with Gasteiger partial charge in [0.15, 0.2) is 6.29 Å². The number of carbonyl (C=O) groups is 1. The molecule has 0 bridgehead atoms. The molecule has 1 heterocycles. The lowest BCUT2D eigenvalue weighted by atomic mass is 10.1. The van der Waals surface area contributed by atoms with E-state index in [2.05, 4.69) is 21.0 Å². The van der Waals surface area contributed by atoms with Crippen molar-refractivity contribution in [1.82, 2.24) is 9.78 Å². The van der Waals surface area contributed by atoms with Crippen LogP contribution in [0.2, 0.25) is 5.02 Å². The maximum absolute atomic E-state index is 14.0. The lowest BCUT2D eigenvalue weighted by molar-refractivity contribution is 0.112. The maximum atomic E-state index is 14.0. The predicted octanol–water partition coefficient (Wildman–Crippen LogP) is 4.91. The number of aldehydes is 1. The summed E-state index contributed by atoms with van der Waals surface area (Å²) in [5.74, 6) is -0.443. The Labute approximate surface area is 139 Å². The van der Waals surface area contributed by atoms with Gasteiger partial charge in [-0.1, -0.05) is 35.9 Å². The predicted molar refractivity (Wildman–Crippen MR) is 87.1 cm³/mol. The molecule has 2 aromatic carbocycles. The number of aromatic nitrogens is 2. The molecule has 0 aliphatic heterocycles. The highest BCUT2D eigenvalue weighted by atomic mass is 79.9. The average molecular weight is 380 g/mol. The summed E-state index contributed by atoms with van der Waals surface area (Å²) < 4.78 is 15.9. The minimum absolute atomic E-state index is 0.260. The van der Waals surface area contributed by atoms with Gasteiger partial charge >= 0.3 is 0 Å². The van der Waals surface area contributed by atoms with E-state index in [-0.39, 0.29) is 16.8 Å². The molecule has 0 amide bonds. The van der Waals surface area contributed by atoms with Crippen molar-refractivity contribution in [3.8, 4) is 16.9 Å². The third kappa shape index (κ3) is 2.46. The van der Waals surface area contributed by atoms with Gasteiger partial charge in [-0.15, -0.1) is 0 Å². The first kappa shape index (κ1) is 14.9. The fraction of sp³-hybridized carbons (Fsp3) is 0. The van der Waals surface area contributed by atoms with E-state index < -0.39 is 5.82 Å². The summed E-state index contributed by atoms with van der Waals surface area (Å²) in [6, 6.07) is 13.3. The third-order valence-electron chi connectivity index (χ3n) is 3.19. The van der Waals surface area contributed by atoms with E-state index in [1.807, 2.05) is 0 Å². The Kier molecular flexibility index (Phi) is 4.09. The highest BCUT2D eigenvalue weighted by molar-refractivity contribution is 9.10. The molecule has 0 atom stereocenters. The molecule has 22 heavy (non-hydrogen) atoms. The number of benzene rings is 2. The van der Waals surface area contributed by atoms with Crippen molar-refractivity contribution in [3.63, 3.8) is 0 Å². The summed E-state index contributed by atoms with van der Waals surface area (Å²) in [7, 11) is 0. The van der Waals surface area contributed by atoms with Crippen LogP contribution in [0.15, 0.2) is 53.1 Å². The SMILES string of the molecule is O=Cc1c(-c2ccccc2F)nn(-c2ccccc2Cl)c1Br. The van der Waals surface area contributed by atoms with Crippen LogP contribution >= 0.6 is 27.5 Å². The molecular formula is C16H9BrClFN2O. The van der Waals surface area contributed by atoms with Crippen LogP contribution < -0.4 is 0 Å². The van der Waals surface area contributed by atoms with Gasteiger partial charge in [-0.05, 0) is 40.2 Å². The van der Waals surface area contributed by atoms with E-state index in [0.717, 1.165) is 0 Å². The van der Waals surface area contributed by atoms with Gasteiger partial charge in [-0.25, -0.2) is 9.07 Å². The molecule has 0 spiro atoms. The highest BCUT2D eigenvalue weighted by Gasteiger charge is 2.20. The highest BCUT2D eigenvalue weighted by Crippen LogP contribution is 2.32. The van der Waals surface area contributed by atoms with Gasteiger partial charge < -0.3 is 0 Å². The molecule has 3 rings (SSSR count). The summed E-state index contributed by atoms with van der Waals surface area (Å²) in [5, 5.41) is 4.83. The van der Waals surface area contributed by atoms with Gasteiger partial charge in [0.2, 0.25) is 0 Å². The second kappa shape index (κ2) is 6.02. The first-order chi connectivity index (χ1) is 10.6. The monoisotopic (exact) mass is 378 g/mol. The van der Waals surface area contributed by atoms with E-state index in [0.29, 0.717) is 21.6 Å². The van der Waals surface area contributed by atoms with E-state index >= 15 is 0 Å². The Bertz CT molecular complexity index is 863. The summed E-state index contributed by atoms with van der Waals surface area (Å²) >= 11 is 9.51. The topological polar surface area (TPSA) is 34.9 Å². The third-order valence-corrected chi connectivity index (χ3v) is 4.27. The van der Waals surface area contributed by atoms with Crippen molar-refractivity contribution in [2.45, 2.75) is 0 Å².